The van der Waals surface area contributed by atoms with Gasteiger partial charge in [0.15, 0.2) is 0 Å². The Bertz CT molecular complexity index is 248. The lowest BCUT2D eigenvalue weighted by atomic mass is 9.97. The van der Waals surface area contributed by atoms with Gasteiger partial charge >= 0.3 is 11.9 Å². The standard InChI is InChI=1S/C10H17F2NO2/c1-9(2,3)6-13-5-7-4-10(11,12)8(14)15-7/h7,13H,4-6H2,1-3H3. The van der Waals surface area contributed by atoms with Crippen LogP contribution < -0.4 is 5.32 Å². The molecule has 0 bridgehead atoms. The number of rotatable bonds is 3. The van der Waals surface area contributed by atoms with Gasteiger partial charge in [0.2, 0.25) is 0 Å². The van der Waals surface area contributed by atoms with E-state index in [1.54, 1.807) is 0 Å². The molecule has 1 aliphatic heterocycles. The van der Waals surface area contributed by atoms with Crippen molar-refractivity contribution in [1.82, 2.24) is 5.32 Å². The Kier molecular flexibility index (Phi) is 3.33. The molecule has 1 aliphatic rings. The highest BCUT2D eigenvalue weighted by Gasteiger charge is 2.50. The van der Waals surface area contributed by atoms with E-state index in [0.29, 0.717) is 13.1 Å². The van der Waals surface area contributed by atoms with Crippen LogP contribution in [0.1, 0.15) is 27.2 Å². The normalized spacial score (nSPS) is 25.4. The van der Waals surface area contributed by atoms with Crippen LogP contribution in [0.3, 0.4) is 0 Å². The molecule has 1 fully saturated rings. The Hall–Kier alpha value is -0.710. The van der Waals surface area contributed by atoms with Gasteiger partial charge in [0.1, 0.15) is 6.10 Å². The van der Waals surface area contributed by atoms with E-state index < -0.39 is 24.4 Å². The summed E-state index contributed by atoms with van der Waals surface area (Å²) in [5.74, 6) is -4.70. The SMILES string of the molecule is CC(C)(C)CNCC1CC(F)(F)C(=O)O1. The van der Waals surface area contributed by atoms with Crippen molar-refractivity contribution in [1.29, 1.82) is 0 Å². The van der Waals surface area contributed by atoms with Gasteiger partial charge in [-0.2, -0.15) is 8.78 Å². The lowest BCUT2D eigenvalue weighted by Crippen LogP contribution is -2.33. The molecule has 1 atom stereocenters. The van der Waals surface area contributed by atoms with E-state index in [-0.39, 0.29) is 5.41 Å². The van der Waals surface area contributed by atoms with Gasteiger partial charge in [-0.3, -0.25) is 0 Å². The topological polar surface area (TPSA) is 38.3 Å². The molecule has 1 rings (SSSR count). The Morgan fingerprint density at radius 1 is 1.53 bits per heavy atom. The van der Waals surface area contributed by atoms with Crippen molar-refractivity contribution in [3.63, 3.8) is 0 Å². The summed E-state index contributed by atoms with van der Waals surface area (Å²) >= 11 is 0. The molecule has 3 nitrogen and oxygen atoms in total. The second kappa shape index (κ2) is 4.04. The fourth-order valence-corrected chi connectivity index (χ4v) is 1.37. The predicted molar refractivity (Wildman–Crippen MR) is 51.8 cm³/mol. The second-order valence-corrected chi connectivity index (χ2v) is 5.13. The van der Waals surface area contributed by atoms with Crippen molar-refractivity contribution in [2.75, 3.05) is 13.1 Å². The number of hydrogen-bond donors (Lipinski definition) is 1. The summed E-state index contributed by atoms with van der Waals surface area (Å²) < 4.78 is 30.0. The number of ether oxygens (including phenoxy) is 1. The first-order valence-electron chi connectivity index (χ1n) is 5.00. The zero-order valence-electron chi connectivity index (χ0n) is 9.27. The van der Waals surface area contributed by atoms with E-state index in [4.69, 9.17) is 0 Å². The summed E-state index contributed by atoms with van der Waals surface area (Å²) in [6.45, 7) is 7.10. The van der Waals surface area contributed by atoms with Gasteiger partial charge in [-0.25, -0.2) is 4.79 Å². The molecule has 1 N–H and O–H groups in total. The van der Waals surface area contributed by atoms with E-state index in [0.717, 1.165) is 0 Å². The third kappa shape index (κ3) is 3.74. The number of hydrogen-bond acceptors (Lipinski definition) is 3. The smallest absolute Gasteiger partial charge is 0.377 e. The summed E-state index contributed by atoms with van der Waals surface area (Å²) in [5, 5.41) is 3.02. The van der Waals surface area contributed by atoms with Crippen LogP contribution >= 0.6 is 0 Å². The van der Waals surface area contributed by atoms with Crippen molar-refractivity contribution in [2.45, 2.75) is 39.2 Å². The second-order valence-electron chi connectivity index (χ2n) is 5.13. The van der Waals surface area contributed by atoms with Gasteiger partial charge < -0.3 is 10.1 Å². The van der Waals surface area contributed by atoms with Crippen LogP contribution in [0.2, 0.25) is 0 Å². The van der Waals surface area contributed by atoms with Gasteiger partial charge in [0.25, 0.3) is 0 Å². The van der Waals surface area contributed by atoms with Crippen molar-refractivity contribution < 1.29 is 18.3 Å². The molecular weight excluding hydrogens is 204 g/mol. The molecule has 0 radical (unpaired) electrons. The molecule has 0 amide bonds. The van der Waals surface area contributed by atoms with E-state index in [1.807, 2.05) is 20.8 Å². The molecule has 0 aliphatic carbocycles. The van der Waals surface area contributed by atoms with Crippen LogP contribution in [-0.2, 0) is 9.53 Å². The highest BCUT2D eigenvalue weighted by Crippen LogP contribution is 2.30. The van der Waals surface area contributed by atoms with E-state index >= 15 is 0 Å². The monoisotopic (exact) mass is 221 g/mol. The molecule has 0 aromatic rings. The molecule has 15 heavy (non-hydrogen) atoms. The molecule has 1 saturated heterocycles. The van der Waals surface area contributed by atoms with Crippen LogP contribution in [-0.4, -0.2) is 31.1 Å². The maximum Gasteiger partial charge on any atom is 0.377 e. The minimum absolute atomic E-state index is 0.0884. The largest absolute Gasteiger partial charge is 0.456 e. The Morgan fingerprint density at radius 3 is 2.53 bits per heavy atom. The van der Waals surface area contributed by atoms with E-state index in [1.165, 1.54) is 0 Å². The highest BCUT2D eigenvalue weighted by atomic mass is 19.3. The molecule has 88 valence electrons. The maximum absolute atomic E-state index is 12.7. The summed E-state index contributed by atoms with van der Waals surface area (Å²) in [6, 6.07) is 0. The molecule has 0 saturated carbocycles. The summed E-state index contributed by atoms with van der Waals surface area (Å²) in [6.07, 6.45) is -1.21. The lowest BCUT2D eigenvalue weighted by molar-refractivity contribution is -0.159. The van der Waals surface area contributed by atoms with Crippen molar-refractivity contribution in [2.24, 2.45) is 5.41 Å². The van der Waals surface area contributed by atoms with Gasteiger partial charge in [0, 0.05) is 13.1 Å². The van der Waals surface area contributed by atoms with Crippen molar-refractivity contribution >= 4 is 5.97 Å². The van der Waals surface area contributed by atoms with Crippen LogP contribution in [0.5, 0.6) is 0 Å². The molecule has 0 aromatic carbocycles. The first-order valence-corrected chi connectivity index (χ1v) is 5.00. The minimum Gasteiger partial charge on any atom is -0.456 e. The third-order valence-corrected chi connectivity index (χ3v) is 2.08. The molecule has 0 spiro atoms. The summed E-state index contributed by atoms with van der Waals surface area (Å²) in [7, 11) is 0. The Balaban J connectivity index is 2.28. The summed E-state index contributed by atoms with van der Waals surface area (Å²) in [4.78, 5) is 10.7. The first kappa shape index (κ1) is 12.4. The van der Waals surface area contributed by atoms with Crippen molar-refractivity contribution in [3.05, 3.63) is 0 Å². The van der Waals surface area contributed by atoms with E-state index in [9.17, 15) is 13.6 Å². The van der Waals surface area contributed by atoms with Crippen LogP contribution in [0.4, 0.5) is 8.78 Å². The number of nitrogens with one attached hydrogen (secondary N) is 1. The summed E-state index contributed by atoms with van der Waals surface area (Å²) in [5.41, 5.74) is 0.0884. The molecule has 0 aromatic heterocycles. The fraction of sp³-hybridized carbons (Fsp3) is 0.900. The number of alkyl halides is 2. The highest BCUT2D eigenvalue weighted by molar-refractivity contribution is 5.79. The molecular formula is C10H17F2NO2. The quantitative estimate of drug-likeness (QED) is 0.735. The van der Waals surface area contributed by atoms with E-state index in [2.05, 4.69) is 10.1 Å². The van der Waals surface area contributed by atoms with Crippen LogP contribution in [0.15, 0.2) is 0 Å². The van der Waals surface area contributed by atoms with Gasteiger partial charge in [-0.1, -0.05) is 20.8 Å². The molecule has 5 heteroatoms. The first-order chi connectivity index (χ1) is 6.71. The Labute approximate surface area is 88.2 Å². The fourth-order valence-electron chi connectivity index (χ4n) is 1.37. The maximum atomic E-state index is 12.7. The third-order valence-electron chi connectivity index (χ3n) is 2.08. The van der Waals surface area contributed by atoms with Gasteiger partial charge in [0.05, 0.1) is 6.42 Å². The Morgan fingerprint density at radius 2 is 2.13 bits per heavy atom. The van der Waals surface area contributed by atoms with Crippen LogP contribution in [0, 0.1) is 5.41 Å². The average Bonchev–Trinajstić information content (AvgIpc) is 2.23. The number of carbonyl (C=O) groups is 1. The average molecular weight is 221 g/mol. The molecule has 1 unspecified atom stereocenters. The minimum atomic E-state index is -3.30. The number of halogens is 2. The zero-order valence-corrected chi connectivity index (χ0v) is 9.27. The predicted octanol–water partition coefficient (Wildman–Crippen LogP) is 1.57. The number of esters is 1. The number of cyclic esters (lactones) is 1. The van der Waals surface area contributed by atoms with Crippen LogP contribution in [0.25, 0.3) is 0 Å². The zero-order chi connectivity index (χ0) is 11.7. The molecule has 1 heterocycles. The van der Waals surface area contributed by atoms with Gasteiger partial charge in [-0.15, -0.1) is 0 Å². The number of carbonyl (C=O) groups excluding carboxylic acids is 1. The van der Waals surface area contributed by atoms with Gasteiger partial charge in [-0.05, 0) is 5.41 Å². The van der Waals surface area contributed by atoms with Crippen molar-refractivity contribution in [3.8, 4) is 0 Å². The lowest BCUT2D eigenvalue weighted by Gasteiger charge is -2.20.